The third-order valence-corrected chi connectivity index (χ3v) is 10.7. The number of carbonyl (C=O) groups excluding carboxylic acids is 12. The van der Waals surface area contributed by atoms with E-state index in [0.29, 0.717) is 19.6 Å². The van der Waals surface area contributed by atoms with Crippen molar-refractivity contribution in [1.82, 2.24) is 29.4 Å². The molecule has 31 nitrogen and oxygen atoms in total. The van der Waals surface area contributed by atoms with Gasteiger partial charge < -0.3 is 42.9 Å². The van der Waals surface area contributed by atoms with Gasteiger partial charge in [0, 0.05) is 87.7 Å². The Morgan fingerprint density at radius 1 is 0.261 bits per heavy atom. The van der Waals surface area contributed by atoms with Crippen LogP contribution in [-0.2, 0) is 120 Å². The van der Waals surface area contributed by atoms with E-state index in [2.05, 4.69) is 110 Å². The Labute approximate surface area is 678 Å². The molecule has 0 rings (SSSR count). The van der Waals surface area contributed by atoms with E-state index in [0.717, 1.165) is 48.6 Å². The zero-order valence-electron chi connectivity index (χ0n) is 56.1. The molecule has 0 N–H and O–H groups in total. The minimum atomic E-state index is -0.868. The molecule has 31 heteroatoms. The molecule has 4 unspecified atom stereocenters. The summed E-state index contributed by atoms with van der Waals surface area (Å²) in [5.41, 5.74) is 0. The maximum absolute atomic E-state index is 12.0. The Morgan fingerprint density at radius 3 is 0.559 bits per heavy atom. The van der Waals surface area contributed by atoms with Crippen molar-refractivity contribution in [3.8, 4) is 0 Å². The molecule has 0 aromatic heterocycles. The summed E-state index contributed by atoms with van der Waals surface area (Å²) in [7, 11) is 0. The molecule has 0 fully saturated rings. The molecule has 0 saturated heterocycles. The van der Waals surface area contributed by atoms with Crippen molar-refractivity contribution in [2.45, 2.75) is 171 Å². The lowest BCUT2D eigenvalue weighted by Gasteiger charge is -2.37. The molecule has 0 aliphatic carbocycles. The fourth-order valence-corrected chi connectivity index (χ4v) is 6.16. The van der Waals surface area contributed by atoms with Gasteiger partial charge in [0.25, 0.3) is 0 Å². The molecule has 0 aliphatic heterocycles. The van der Waals surface area contributed by atoms with Gasteiger partial charge in [-0.1, -0.05) is 171 Å². The van der Waals surface area contributed by atoms with Crippen molar-refractivity contribution >= 4 is 74.2 Å². The van der Waals surface area contributed by atoms with Crippen LogP contribution in [0.15, 0.2) is 154 Å². The maximum atomic E-state index is 12.0. The molecule has 0 radical (unpaired) electrons. The van der Waals surface area contributed by atoms with Gasteiger partial charge in [-0.25, -0.2) is 29.0 Å². The lowest BCUT2D eigenvalue weighted by atomic mass is 10.2. The Bertz CT molecular complexity index is 1730. The van der Waals surface area contributed by atoms with Crippen molar-refractivity contribution in [3.05, 3.63) is 154 Å². The summed E-state index contributed by atoms with van der Waals surface area (Å²) in [6.45, 7) is 66.1. The Hall–Kier alpha value is -8.48. The first-order valence-corrected chi connectivity index (χ1v) is 27.7. The molecule has 0 saturated carbocycles. The number of carbonyl (C=O) groups is 12. The normalized spacial score (nSPS) is 9.39. The van der Waals surface area contributed by atoms with E-state index >= 15 is 0 Å². The molecular weight excluding hydrogens is 1440 g/mol. The highest BCUT2D eigenvalue weighted by Gasteiger charge is 2.26. The summed E-state index contributed by atoms with van der Waals surface area (Å²) < 4.78 is 29.1. The molecule has 0 bridgehead atoms. The average molecular weight is 1610 g/mol. The number of ether oxygens (including phenoxy) is 5. The summed E-state index contributed by atoms with van der Waals surface area (Å²) in [5, 5.41) is 0. The first-order chi connectivity index (χ1) is 45.8. The van der Waals surface area contributed by atoms with Gasteiger partial charge in [-0.3, -0.25) is 58.3 Å². The molecule has 0 aromatic rings. The van der Waals surface area contributed by atoms with Gasteiger partial charge >= 0.3 is 23.9 Å². The minimum Gasteiger partial charge on any atom is -0.379 e. The summed E-state index contributed by atoms with van der Waals surface area (Å²) >= 11 is 0. The van der Waals surface area contributed by atoms with Crippen LogP contribution in [-0.4, -0.2) is 260 Å². The summed E-state index contributed by atoms with van der Waals surface area (Å²) in [6, 6.07) is -1.71. The highest BCUT2D eigenvalue weighted by molar-refractivity contribution is 5.91. The van der Waals surface area contributed by atoms with E-state index < -0.39 is 36.0 Å². The fourth-order valence-electron chi connectivity index (χ4n) is 6.16. The number of hydrogen-bond donors (Lipinski definition) is 0. The van der Waals surface area contributed by atoms with E-state index in [1.807, 2.05) is 45.9 Å². The monoisotopic (exact) mass is 1610 g/mol. The van der Waals surface area contributed by atoms with Gasteiger partial charge in [-0.2, -0.15) is 19.6 Å². The zero-order chi connectivity index (χ0) is 75.4. The summed E-state index contributed by atoms with van der Waals surface area (Å²) in [4.78, 5) is 177. The van der Waals surface area contributed by atoms with Crippen molar-refractivity contribution in [2.24, 2.45) is 0 Å². The molecule has 0 spiro atoms. The molecule has 0 amide bonds. The Morgan fingerprint density at radius 2 is 0.414 bits per heavy atom. The van der Waals surface area contributed by atoms with Crippen LogP contribution in [0, 0.1) is 0 Å². The van der Waals surface area contributed by atoms with Crippen LogP contribution in [0.1, 0.15) is 147 Å². The largest absolute Gasteiger partial charge is 0.379 e. The smallest absolute Gasteiger partial charge is 0.365 e. The topological polar surface area (TPSA) is 344 Å². The first kappa shape index (κ1) is 176. The first-order valence-electron chi connectivity index (χ1n) is 27.7. The Kier molecular flexibility index (Phi) is 217. The van der Waals surface area contributed by atoms with E-state index in [1.54, 1.807) is 23.6 Å². The zero-order valence-corrected chi connectivity index (χ0v) is 56.1. The lowest BCUT2D eigenvalue weighted by molar-refractivity contribution is -0.325. The van der Waals surface area contributed by atoms with Crippen LogP contribution in [0.4, 0.5) is 0 Å². The summed E-state index contributed by atoms with van der Waals surface area (Å²) in [6.07, 6.45) is 8.17. The van der Waals surface area contributed by atoms with Gasteiger partial charge in [0.2, 0.25) is 0 Å². The number of rotatable bonds is 54. The van der Waals surface area contributed by atoms with Crippen LogP contribution < -0.4 is 0 Å². The molecule has 668 valence electrons. The predicted octanol–water partition coefficient (Wildman–Crippen LogP) is 14.4. The third kappa shape index (κ3) is 110. The molecular formula is C80H168N6O25. The van der Waals surface area contributed by atoms with Gasteiger partial charge in [0.1, 0.15) is 107 Å². The molecule has 0 aromatic carbocycles. The van der Waals surface area contributed by atoms with Crippen molar-refractivity contribution in [1.29, 1.82) is 0 Å². The second-order valence-corrected chi connectivity index (χ2v) is 16.9. The van der Waals surface area contributed by atoms with E-state index in [1.165, 1.54) is 9.80 Å². The number of ketones is 4. The number of nitrogens with zero attached hydrogens (tertiary/aromatic N) is 6. The van der Waals surface area contributed by atoms with Crippen LogP contribution >= 0.6 is 0 Å². The van der Waals surface area contributed by atoms with Gasteiger partial charge in [-0.15, -0.1) is 52.6 Å². The second-order valence-electron chi connectivity index (χ2n) is 16.9. The van der Waals surface area contributed by atoms with E-state index in [9.17, 15) is 38.4 Å². The fraction of sp³-hybridized carbons (Fsp3) is 0.550. The van der Waals surface area contributed by atoms with Gasteiger partial charge in [-0.05, 0) is 52.0 Å². The predicted molar refractivity (Wildman–Crippen MR) is 463 cm³/mol. The average Bonchev–Trinajstić information content (AvgIpc) is 0.893. The van der Waals surface area contributed by atoms with Crippen molar-refractivity contribution < 1.29 is 120 Å². The van der Waals surface area contributed by atoms with Crippen molar-refractivity contribution in [2.75, 3.05) is 133 Å². The van der Waals surface area contributed by atoms with Crippen molar-refractivity contribution in [3.63, 3.8) is 0 Å². The molecule has 0 aliphatic rings. The van der Waals surface area contributed by atoms with Crippen LogP contribution in [0.3, 0.4) is 0 Å². The molecule has 111 heavy (non-hydrogen) atoms. The maximum Gasteiger partial charge on any atom is 0.365 e. The van der Waals surface area contributed by atoms with E-state index in [-0.39, 0.29) is 267 Å². The minimum absolute atomic E-state index is 0. The van der Waals surface area contributed by atoms with Gasteiger partial charge in [0.15, 0.2) is 23.1 Å². The highest BCUT2D eigenvalue weighted by atomic mass is 17.2. The lowest BCUT2D eigenvalue weighted by Crippen LogP contribution is -2.50. The van der Waals surface area contributed by atoms with Gasteiger partial charge in [0.05, 0.1) is 13.2 Å². The van der Waals surface area contributed by atoms with E-state index in [4.69, 9.17) is 82.0 Å². The quantitative estimate of drug-likeness (QED) is 0.0136. The molecule has 0 heterocycles. The standard InChI is InChI=1S/C52H80N6O21.4C2H4.4CH2O.16CH4/c1-13-45(59)29-68-33-55(34-69-30-46(60)14-2)41(9)25-53(26-42(10)56(35-70-31-47(61)15-3)36-71-32-48(62)16-4)21-23-67-24-22-54(27-43(11)57(37-72-76-49(63)17-5)38-73-77-50(64)18-6)28-44(12)58(39-74-78-51(65)19-7)40-75-79-52(66)20-8;8*1-2;;;;;;;;;;;;;;;;/h13-20,41-44H,1-8,21-40H2,9-12H3;4*1-2H2;4*1H2;16*1H4. The number of hydrogen-bond acceptors (Lipinski definition) is 31. The van der Waals surface area contributed by atoms with Crippen LogP contribution in [0.5, 0.6) is 0 Å². The highest BCUT2D eigenvalue weighted by Crippen LogP contribution is 2.12. The van der Waals surface area contributed by atoms with Crippen LogP contribution in [0.2, 0.25) is 0 Å². The third-order valence-electron chi connectivity index (χ3n) is 10.7. The second kappa shape index (κ2) is 137. The molecule has 4 atom stereocenters. The Balaban J connectivity index is -0.0000000939. The summed E-state index contributed by atoms with van der Waals surface area (Å²) in [5.74, 6) is -4.82. The van der Waals surface area contributed by atoms with Crippen LogP contribution in [0.25, 0.3) is 0 Å². The SMILES string of the molecule is C.C.C.C.C.C.C.C.C.C.C.C.C.C.C.C.C=C.C=C.C=C.C=C.C=CC(=O)COCN(COCC(=O)C=C)C(C)CN(CCOCCN(CC(C)N(COOC(=O)C=C)COOC(=O)C=C)CC(C)N(COOC(=O)C=C)COOC(=O)C=C)CC(C)N(COCC(=O)C=C)COCC(=O)C=C.C=O.C=O.C=O.C=O.